The van der Waals surface area contributed by atoms with Crippen molar-refractivity contribution in [3.63, 3.8) is 0 Å². The van der Waals surface area contributed by atoms with Crippen molar-refractivity contribution in [1.82, 2.24) is 0 Å². The topological polar surface area (TPSA) is 80.4 Å². The van der Waals surface area contributed by atoms with Crippen LogP contribution in [-0.4, -0.2) is 22.9 Å². The Bertz CT molecular complexity index is 180. The number of carboxylic acids is 1. The minimum Gasteiger partial charge on any atom is -0.480 e. The summed E-state index contributed by atoms with van der Waals surface area (Å²) in [6.07, 6.45) is 4.17. The molecule has 0 unspecified atom stereocenters. The van der Waals surface area contributed by atoms with Gasteiger partial charge < -0.3 is 10.8 Å². The molecule has 0 aliphatic rings. The van der Waals surface area contributed by atoms with Gasteiger partial charge in [-0.25, -0.2) is 0 Å². The summed E-state index contributed by atoms with van der Waals surface area (Å²) < 4.78 is 0. The monoisotopic (exact) mass is 187 g/mol. The lowest BCUT2D eigenvalue weighted by molar-refractivity contribution is -0.142. The lowest BCUT2D eigenvalue weighted by Gasteiger charge is -2.04. The van der Waals surface area contributed by atoms with E-state index >= 15 is 0 Å². The van der Waals surface area contributed by atoms with Crippen LogP contribution in [0.3, 0.4) is 0 Å². The Morgan fingerprint density at radius 1 is 1.31 bits per heavy atom. The molecular weight excluding hydrogens is 170 g/mol. The fourth-order valence-corrected chi connectivity index (χ4v) is 1.02. The molecule has 0 amide bonds. The lowest BCUT2D eigenvalue weighted by atomic mass is 10.1. The number of carbonyl (C=O) groups is 2. The molecule has 0 aliphatic carbocycles. The number of Topliss-reactive ketones (excluding diaryl/α,β-unsaturated/α-hetero) is 1. The highest BCUT2D eigenvalue weighted by atomic mass is 16.4. The van der Waals surface area contributed by atoms with E-state index in [9.17, 15) is 9.59 Å². The van der Waals surface area contributed by atoms with Crippen LogP contribution in [0.25, 0.3) is 0 Å². The lowest BCUT2D eigenvalue weighted by Crippen LogP contribution is -2.38. The Labute approximate surface area is 78.1 Å². The van der Waals surface area contributed by atoms with Crippen LogP contribution >= 0.6 is 0 Å². The van der Waals surface area contributed by atoms with Gasteiger partial charge in [-0.2, -0.15) is 0 Å². The third-order valence-electron chi connectivity index (χ3n) is 1.89. The Kier molecular flexibility index (Phi) is 6.14. The van der Waals surface area contributed by atoms with Crippen molar-refractivity contribution in [2.75, 3.05) is 0 Å². The third-order valence-corrected chi connectivity index (χ3v) is 1.89. The number of carboxylic acid groups (broad SMARTS) is 1. The summed E-state index contributed by atoms with van der Waals surface area (Å²) in [5.41, 5.74) is 5.13. The van der Waals surface area contributed by atoms with Crippen molar-refractivity contribution in [3.05, 3.63) is 0 Å². The van der Waals surface area contributed by atoms with Gasteiger partial charge in [0.1, 0.15) is 0 Å². The number of aliphatic carboxylic acids is 1. The first kappa shape index (κ1) is 12.1. The van der Waals surface area contributed by atoms with Gasteiger partial charge in [0, 0.05) is 6.42 Å². The first-order valence-electron chi connectivity index (χ1n) is 4.60. The molecule has 0 aromatic heterocycles. The van der Waals surface area contributed by atoms with Crippen LogP contribution in [0.15, 0.2) is 0 Å². The Morgan fingerprint density at radius 2 is 1.92 bits per heavy atom. The van der Waals surface area contributed by atoms with E-state index < -0.39 is 12.0 Å². The van der Waals surface area contributed by atoms with E-state index in [1.54, 1.807) is 0 Å². The average molecular weight is 187 g/mol. The molecule has 76 valence electrons. The number of hydrogen-bond acceptors (Lipinski definition) is 3. The summed E-state index contributed by atoms with van der Waals surface area (Å²) in [7, 11) is 0. The molecule has 0 aliphatic heterocycles. The summed E-state index contributed by atoms with van der Waals surface area (Å²) >= 11 is 0. The molecule has 0 rings (SSSR count). The maximum absolute atomic E-state index is 11.0. The van der Waals surface area contributed by atoms with Crippen LogP contribution in [-0.2, 0) is 9.59 Å². The Hall–Kier alpha value is -0.900. The third kappa shape index (κ3) is 5.36. The molecule has 0 bridgehead atoms. The summed E-state index contributed by atoms with van der Waals surface area (Å²) in [4.78, 5) is 21.3. The standard InChI is InChI=1S/C9H17NO3/c1-2-3-4-5-6-7(11)8(10)9(12)13/h8H,2-6,10H2,1H3,(H,12,13)/t8-/m0/s1. The molecule has 3 N–H and O–H groups in total. The van der Waals surface area contributed by atoms with E-state index in [2.05, 4.69) is 6.92 Å². The Balaban J connectivity index is 3.56. The number of hydrogen-bond donors (Lipinski definition) is 2. The number of carbonyl (C=O) groups excluding carboxylic acids is 1. The molecule has 0 saturated heterocycles. The average Bonchev–Trinajstić information content (AvgIpc) is 2.10. The Morgan fingerprint density at radius 3 is 2.38 bits per heavy atom. The zero-order valence-electron chi connectivity index (χ0n) is 7.95. The van der Waals surface area contributed by atoms with Gasteiger partial charge in [-0.1, -0.05) is 26.2 Å². The molecule has 0 saturated carbocycles. The van der Waals surface area contributed by atoms with Crippen LogP contribution in [0, 0.1) is 0 Å². The molecule has 4 nitrogen and oxygen atoms in total. The second kappa shape index (κ2) is 6.60. The SMILES string of the molecule is CCCCCCC(=O)[C@H](N)C(=O)O. The predicted molar refractivity (Wildman–Crippen MR) is 49.4 cm³/mol. The van der Waals surface area contributed by atoms with Crippen LogP contribution in [0.5, 0.6) is 0 Å². The fourth-order valence-electron chi connectivity index (χ4n) is 1.02. The van der Waals surface area contributed by atoms with E-state index in [0.29, 0.717) is 0 Å². The van der Waals surface area contributed by atoms with Crippen LogP contribution in [0.2, 0.25) is 0 Å². The second-order valence-corrected chi connectivity index (χ2v) is 3.09. The molecule has 4 heteroatoms. The highest BCUT2D eigenvalue weighted by Crippen LogP contribution is 2.03. The predicted octanol–water partition coefficient (Wildman–Crippen LogP) is 0.938. The van der Waals surface area contributed by atoms with E-state index in [1.807, 2.05) is 0 Å². The van der Waals surface area contributed by atoms with Crippen molar-refractivity contribution < 1.29 is 14.7 Å². The minimum absolute atomic E-state index is 0.285. The molecule has 1 atom stereocenters. The zero-order chi connectivity index (χ0) is 10.3. The summed E-state index contributed by atoms with van der Waals surface area (Å²) in [6, 6.07) is -1.33. The fraction of sp³-hybridized carbons (Fsp3) is 0.778. The van der Waals surface area contributed by atoms with Gasteiger partial charge in [-0.05, 0) is 6.42 Å². The largest absolute Gasteiger partial charge is 0.480 e. The molecular formula is C9H17NO3. The first-order valence-corrected chi connectivity index (χ1v) is 4.60. The normalized spacial score (nSPS) is 12.5. The van der Waals surface area contributed by atoms with Crippen LogP contribution in [0.1, 0.15) is 39.0 Å². The van der Waals surface area contributed by atoms with E-state index in [4.69, 9.17) is 10.8 Å². The van der Waals surface area contributed by atoms with E-state index in [-0.39, 0.29) is 12.2 Å². The molecule has 13 heavy (non-hydrogen) atoms. The van der Waals surface area contributed by atoms with Crippen molar-refractivity contribution in [1.29, 1.82) is 0 Å². The van der Waals surface area contributed by atoms with Gasteiger partial charge in [-0.15, -0.1) is 0 Å². The van der Waals surface area contributed by atoms with Crippen molar-refractivity contribution in [3.8, 4) is 0 Å². The summed E-state index contributed by atoms with van der Waals surface area (Å²) in [5.74, 6) is -1.61. The number of ketones is 1. The van der Waals surface area contributed by atoms with Crippen molar-refractivity contribution >= 4 is 11.8 Å². The van der Waals surface area contributed by atoms with Gasteiger partial charge >= 0.3 is 5.97 Å². The van der Waals surface area contributed by atoms with Gasteiger partial charge in [0.15, 0.2) is 11.8 Å². The molecule has 0 aromatic rings. The molecule has 0 heterocycles. The maximum Gasteiger partial charge on any atom is 0.328 e. The quantitative estimate of drug-likeness (QED) is 0.459. The second-order valence-electron chi connectivity index (χ2n) is 3.09. The van der Waals surface area contributed by atoms with Crippen LogP contribution in [0.4, 0.5) is 0 Å². The number of nitrogens with two attached hydrogens (primary N) is 1. The van der Waals surface area contributed by atoms with Gasteiger partial charge in [0.25, 0.3) is 0 Å². The summed E-state index contributed by atoms with van der Waals surface area (Å²) in [5, 5.41) is 8.41. The maximum atomic E-state index is 11.0. The first-order chi connectivity index (χ1) is 6.09. The molecule has 0 aromatic carbocycles. The smallest absolute Gasteiger partial charge is 0.328 e. The van der Waals surface area contributed by atoms with Gasteiger partial charge in [0.2, 0.25) is 0 Å². The molecule has 0 spiro atoms. The van der Waals surface area contributed by atoms with Crippen LogP contribution < -0.4 is 5.73 Å². The molecule has 0 radical (unpaired) electrons. The minimum atomic E-state index is -1.33. The zero-order valence-corrected chi connectivity index (χ0v) is 7.95. The number of unbranched alkanes of at least 4 members (excludes halogenated alkanes) is 3. The van der Waals surface area contributed by atoms with Crippen molar-refractivity contribution in [2.45, 2.75) is 45.1 Å². The van der Waals surface area contributed by atoms with Gasteiger partial charge in [0.05, 0.1) is 0 Å². The molecule has 0 fully saturated rings. The van der Waals surface area contributed by atoms with E-state index in [1.165, 1.54) is 0 Å². The van der Waals surface area contributed by atoms with Gasteiger partial charge in [-0.3, -0.25) is 9.59 Å². The summed E-state index contributed by atoms with van der Waals surface area (Å²) in [6.45, 7) is 2.07. The van der Waals surface area contributed by atoms with Crippen molar-refractivity contribution in [2.24, 2.45) is 5.73 Å². The highest BCUT2D eigenvalue weighted by molar-refractivity contribution is 6.01. The highest BCUT2D eigenvalue weighted by Gasteiger charge is 2.19. The van der Waals surface area contributed by atoms with E-state index in [0.717, 1.165) is 25.7 Å². The number of rotatable bonds is 7.